The zero-order valence-electron chi connectivity index (χ0n) is 10.9. The summed E-state index contributed by atoms with van der Waals surface area (Å²) in [7, 11) is 0. The van der Waals surface area contributed by atoms with Gasteiger partial charge in [0.15, 0.2) is 6.29 Å². The van der Waals surface area contributed by atoms with Crippen LogP contribution in [0, 0.1) is 0 Å². The van der Waals surface area contributed by atoms with Gasteiger partial charge in [-0.2, -0.15) is 0 Å². The molecule has 2 rings (SSSR count). The number of rotatable bonds is 6. The molecule has 0 bridgehead atoms. The largest absolute Gasteiger partial charge is 0.338 e. The quantitative estimate of drug-likeness (QED) is 0.546. The Balaban J connectivity index is 1.81. The lowest BCUT2D eigenvalue weighted by atomic mass is 10.2. The van der Waals surface area contributed by atoms with Gasteiger partial charge in [0, 0.05) is 45.0 Å². The number of carbonyl (C=O) groups is 2. The first-order chi connectivity index (χ1) is 9.33. The normalized spacial score (nSPS) is 16.3. The number of hydrogen-bond acceptors (Lipinski definition) is 6. The third-order valence-electron chi connectivity index (χ3n) is 3.25. The number of aldehydes is 2. The number of carbonyl (C=O) groups excluding carboxylic acids is 2. The zero-order chi connectivity index (χ0) is 13.5. The molecule has 0 aromatic carbocycles. The minimum atomic E-state index is 0.497. The Morgan fingerprint density at radius 1 is 1.11 bits per heavy atom. The van der Waals surface area contributed by atoms with Gasteiger partial charge >= 0.3 is 0 Å². The molecule has 1 aliphatic rings. The second kappa shape index (κ2) is 6.94. The van der Waals surface area contributed by atoms with Crippen molar-refractivity contribution < 1.29 is 9.59 Å². The van der Waals surface area contributed by atoms with Crippen LogP contribution in [0.25, 0.3) is 0 Å². The van der Waals surface area contributed by atoms with E-state index in [1.807, 2.05) is 0 Å². The fraction of sp³-hybridized carbons (Fsp3) is 0.538. The minimum Gasteiger partial charge on any atom is -0.338 e. The number of nitrogens with zero attached hydrogens (tertiary/aromatic N) is 4. The Labute approximate surface area is 112 Å². The van der Waals surface area contributed by atoms with Gasteiger partial charge in [-0.1, -0.05) is 0 Å². The summed E-state index contributed by atoms with van der Waals surface area (Å²) < 4.78 is 0. The van der Waals surface area contributed by atoms with E-state index in [4.69, 9.17) is 0 Å². The zero-order valence-corrected chi connectivity index (χ0v) is 10.9. The molecule has 1 aromatic heterocycles. The minimum absolute atomic E-state index is 0.497. The predicted octanol–water partition coefficient (Wildman–Crippen LogP) is 0.390. The van der Waals surface area contributed by atoms with Crippen molar-refractivity contribution in [1.82, 2.24) is 14.9 Å². The molecular formula is C13H18N4O2. The molecule has 19 heavy (non-hydrogen) atoms. The summed E-state index contributed by atoms with van der Waals surface area (Å²) in [4.78, 5) is 33.7. The summed E-state index contributed by atoms with van der Waals surface area (Å²) in [5, 5.41) is 0. The third-order valence-corrected chi connectivity index (χ3v) is 3.25. The highest BCUT2D eigenvalue weighted by Crippen LogP contribution is 2.10. The van der Waals surface area contributed by atoms with Gasteiger partial charge in [-0.25, -0.2) is 9.97 Å². The monoisotopic (exact) mass is 262 g/mol. The summed E-state index contributed by atoms with van der Waals surface area (Å²) >= 11 is 0. The molecule has 0 N–H and O–H groups in total. The van der Waals surface area contributed by atoms with E-state index >= 15 is 0 Å². The van der Waals surface area contributed by atoms with Crippen molar-refractivity contribution in [1.29, 1.82) is 0 Å². The van der Waals surface area contributed by atoms with E-state index in [9.17, 15) is 9.59 Å². The van der Waals surface area contributed by atoms with Crippen molar-refractivity contribution in [3.05, 3.63) is 18.0 Å². The summed E-state index contributed by atoms with van der Waals surface area (Å²) in [6.45, 7) is 4.63. The van der Waals surface area contributed by atoms with Crippen LogP contribution in [0.2, 0.25) is 0 Å². The average molecular weight is 262 g/mol. The van der Waals surface area contributed by atoms with E-state index < -0.39 is 0 Å². The van der Waals surface area contributed by atoms with Crippen molar-refractivity contribution in [2.45, 2.75) is 12.8 Å². The third kappa shape index (κ3) is 3.82. The number of unbranched alkanes of at least 4 members (excludes halogenated alkanes) is 1. The van der Waals surface area contributed by atoms with Crippen LogP contribution in [0.1, 0.15) is 23.2 Å². The molecule has 6 nitrogen and oxygen atoms in total. The van der Waals surface area contributed by atoms with Crippen LogP contribution in [0.15, 0.2) is 12.4 Å². The molecule has 1 saturated heterocycles. The maximum atomic E-state index is 10.5. The molecule has 1 aromatic rings. The van der Waals surface area contributed by atoms with Crippen LogP contribution in [0.3, 0.4) is 0 Å². The Kier molecular flexibility index (Phi) is 4.97. The van der Waals surface area contributed by atoms with Gasteiger partial charge in [-0.15, -0.1) is 0 Å². The summed E-state index contributed by atoms with van der Waals surface area (Å²) in [6, 6.07) is 0. The van der Waals surface area contributed by atoms with E-state index in [0.29, 0.717) is 17.9 Å². The highest BCUT2D eigenvalue weighted by molar-refractivity contribution is 5.73. The highest BCUT2D eigenvalue weighted by atomic mass is 16.1. The molecule has 6 heteroatoms. The topological polar surface area (TPSA) is 66.4 Å². The van der Waals surface area contributed by atoms with Gasteiger partial charge in [-0.3, -0.25) is 9.69 Å². The van der Waals surface area contributed by atoms with Gasteiger partial charge in [0.2, 0.25) is 5.95 Å². The second-order valence-corrected chi connectivity index (χ2v) is 4.57. The smallest absolute Gasteiger partial charge is 0.225 e. The van der Waals surface area contributed by atoms with Crippen LogP contribution in [0.4, 0.5) is 5.95 Å². The highest BCUT2D eigenvalue weighted by Gasteiger charge is 2.18. The molecular weight excluding hydrogens is 244 g/mol. The SMILES string of the molecule is O=CCCCN1CCN(c2ncc(C=O)cn2)CC1. The van der Waals surface area contributed by atoms with Gasteiger partial charge in [-0.05, 0) is 13.0 Å². The first-order valence-corrected chi connectivity index (χ1v) is 6.51. The molecule has 1 fully saturated rings. The van der Waals surface area contributed by atoms with Gasteiger partial charge in [0.25, 0.3) is 0 Å². The standard InChI is InChI=1S/C13H18N4O2/c18-8-2-1-3-16-4-6-17(7-5-16)13-14-9-12(11-19)10-15-13/h8-11H,1-7H2. The maximum absolute atomic E-state index is 10.5. The average Bonchev–Trinajstić information content (AvgIpc) is 2.48. The van der Waals surface area contributed by atoms with Crippen LogP contribution in [0.5, 0.6) is 0 Å². The fourth-order valence-corrected chi connectivity index (χ4v) is 2.13. The Hall–Kier alpha value is -1.82. The van der Waals surface area contributed by atoms with Crippen molar-refractivity contribution in [2.75, 3.05) is 37.6 Å². The first-order valence-electron chi connectivity index (χ1n) is 6.51. The molecule has 0 amide bonds. The Morgan fingerprint density at radius 3 is 2.37 bits per heavy atom. The molecule has 0 unspecified atom stereocenters. The van der Waals surface area contributed by atoms with Crippen LogP contribution < -0.4 is 4.90 Å². The van der Waals surface area contributed by atoms with Crippen molar-refractivity contribution in [2.24, 2.45) is 0 Å². The van der Waals surface area contributed by atoms with Crippen LogP contribution in [-0.2, 0) is 4.79 Å². The molecule has 1 aliphatic heterocycles. The Morgan fingerprint density at radius 2 is 1.79 bits per heavy atom. The van der Waals surface area contributed by atoms with E-state index in [2.05, 4.69) is 19.8 Å². The molecule has 0 radical (unpaired) electrons. The van der Waals surface area contributed by atoms with E-state index in [0.717, 1.165) is 51.7 Å². The summed E-state index contributed by atoms with van der Waals surface area (Å²) in [6.07, 6.45) is 6.37. The lowest BCUT2D eigenvalue weighted by Gasteiger charge is -2.34. The fourth-order valence-electron chi connectivity index (χ4n) is 2.13. The summed E-state index contributed by atoms with van der Waals surface area (Å²) in [5.74, 6) is 0.679. The predicted molar refractivity (Wildman–Crippen MR) is 71.4 cm³/mol. The summed E-state index contributed by atoms with van der Waals surface area (Å²) in [5.41, 5.74) is 0.497. The lowest BCUT2D eigenvalue weighted by Crippen LogP contribution is -2.47. The first kappa shape index (κ1) is 13.6. The van der Waals surface area contributed by atoms with Crippen molar-refractivity contribution in [3.63, 3.8) is 0 Å². The van der Waals surface area contributed by atoms with E-state index in [-0.39, 0.29) is 0 Å². The molecule has 0 atom stereocenters. The van der Waals surface area contributed by atoms with Crippen molar-refractivity contribution >= 4 is 18.5 Å². The van der Waals surface area contributed by atoms with Gasteiger partial charge in [0.1, 0.15) is 6.29 Å². The molecule has 0 saturated carbocycles. The molecule has 0 spiro atoms. The number of aromatic nitrogens is 2. The lowest BCUT2D eigenvalue weighted by molar-refractivity contribution is -0.108. The second-order valence-electron chi connectivity index (χ2n) is 4.57. The number of hydrogen-bond donors (Lipinski definition) is 0. The van der Waals surface area contributed by atoms with E-state index in [1.165, 1.54) is 0 Å². The van der Waals surface area contributed by atoms with Crippen LogP contribution in [-0.4, -0.2) is 60.2 Å². The maximum Gasteiger partial charge on any atom is 0.225 e. The molecule has 2 heterocycles. The van der Waals surface area contributed by atoms with Crippen molar-refractivity contribution in [3.8, 4) is 0 Å². The van der Waals surface area contributed by atoms with E-state index in [1.54, 1.807) is 12.4 Å². The van der Waals surface area contributed by atoms with Crippen LogP contribution >= 0.6 is 0 Å². The Bertz CT molecular complexity index is 413. The molecule has 102 valence electrons. The molecule has 0 aliphatic carbocycles. The number of anilines is 1. The van der Waals surface area contributed by atoms with Gasteiger partial charge in [0.05, 0.1) is 5.56 Å². The number of piperazine rings is 1. The van der Waals surface area contributed by atoms with Gasteiger partial charge < -0.3 is 9.69 Å².